The van der Waals surface area contributed by atoms with Gasteiger partial charge in [-0.05, 0) is 18.2 Å². The van der Waals surface area contributed by atoms with Gasteiger partial charge < -0.3 is 4.42 Å². The van der Waals surface area contributed by atoms with Gasteiger partial charge in [0, 0.05) is 73.5 Å². The van der Waals surface area contributed by atoms with Crippen LogP contribution in [0.15, 0.2) is 64.4 Å². The summed E-state index contributed by atoms with van der Waals surface area (Å²) in [4.78, 5) is 38.7. The average Bonchev–Trinajstić information content (AvgIpc) is 2.81. The van der Waals surface area contributed by atoms with Gasteiger partial charge in [-0.15, -0.1) is 0 Å². The van der Waals surface area contributed by atoms with E-state index in [0.29, 0.717) is 30.1 Å². The molecule has 31 heavy (non-hydrogen) atoms. The third-order valence-corrected chi connectivity index (χ3v) is 5.38. The normalized spacial score (nSPS) is 13.8. The molecule has 0 spiro atoms. The molecule has 154 valence electrons. The molecule has 0 amide bonds. The Bertz CT molecular complexity index is 1350. The van der Waals surface area contributed by atoms with Crippen molar-refractivity contribution in [3.8, 4) is 11.4 Å². The van der Waals surface area contributed by atoms with Crippen LogP contribution < -0.4 is 5.43 Å². The van der Waals surface area contributed by atoms with Crippen molar-refractivity contribution in [3.63, 3.8) is 0 Å². The SMILES string of the molecule is O=c1c(CN2CCc3nc(-c4ccncc4)ncc3C2)coc2ccc([N+](=O)[O-])cc12. The zero-order valence-electron chi connectivity index (χ0n) is 16.4. The quantitative estimate of drug-likeness (QED) is 0.369. The van der Waals surface area contributed by atoms with Gasteiger partial charge >= 0.3 is 0 Å². The molecule has 0 bridgehead atoms. The van der Waals surface area contributed by atoms with E-state index in [0.717, 1.165) is 29.8 Å². The minimum absolute atomic E-state index is 0.133. The van der Waals surface area contributed by atoms with Gasteiger partial charge in [0.15, 0.2) is 11.3 Å². The lowest BCUT2D eigenvalue weighted by Crippen LogP contribution is -2.32. The van der Waals surface area contributed by atoms with E-state index in [9.17, 15) is 14.9 Å². The summed E-state index contributed by atoms with van der Waals surface area (Å²) >= 11 is 0. The molecule has 1 aliphatic rings. The molecule has 0 aliphatic carbocycles. The van der Waals surface area contributed by atoms with E-state index in [1.54, 1.807) is 12.4 Å². The van der Waals surface area contributed by atoms with Gasteiger partial charge in [0.05, 0.1) is 22.3 Å². The number of nitro benzene ring substituents is 1. The molecule has 0 radical (unpaired) electrons. The van der Waals surface area contributed by atoms with Gasteiger partial charge in [0.2, 0.25) is 0 Å². The summed E-state index contributed by atoms with van der Waals surface area (Å²) in [6, 6.07) is 7.80. The molecule has 4 heterocycles. The summed E-state index contributed by atoms with van der Waals surface area (Å²) in [5, 5.41) is 11.3. The van der Waals surface area contributed by atoms with Crippen molar-refractivity contribution >= 4 is 16.7 Å². The summed E-state index contributed by atoms with van der Waals surface area (Å²) in [5.74, 6) is 0.673. The van der Waals surface area contributed by atoms with Crippen molar-refractivity contribution < 1.29 is 9.34 Å². The van der Waals surface area contributed by atoms with Gasteiger partial charge in [0.1, 0.15) is 5.58 Å². The van der Waals surface area contributed by atoms with E-state index in [2.05, 4.69) is 14.9 Å². The second-order valence-corrected chi connectivity index (χ2v) is 7.39. The lowest BCUT2D eigenvalue weighted by Gasteiger charge is -2.27. The molecule has 0 atom stereocenters. The number of pyridine rings is 1. The molecule has 0 saturated carbocycles. The topological polar surface area (TPSA) is 115 Å². The van der Waals surface area contributed by atoms with Crippen molar-refractivity contribution in [2.45, 2.75) is 19.5 Å². The monoisotopic (exact) mass is 415 g/mol. The molecule has 0 unspecified atom stereocenters. The Labute approximate surface area is 176 Å². The van der Waals surface area contributed by atoms with Gasteiger partial charge in [-0.3, -0.25) is 24.8 Å². The fourth-order valence-corrected chi connectivity index (χ4v) is 3.77. The highest BCUT2D eigenvalue weighted by atomic mass is 16.6. The summed E-state index contributed by atoms with van der Waals surface area (Å²) in [6.07, 6.45) is 7.43. The second kappa shape index (κ2) is 7.69. The molecule has 5 rings (SSSR count). The summed E-state index contributed by atoms with van der Waals surface area (Å²) in [5.41, 5.74) is 3.35. The zero-order valence-corrected chi connectivity index (χ0v) is 16.4. The van der Waals surface area contributed by atoms with Crippen LogP contribution in [0.3, 0.4) is 0 Å². The van der Waals surface area contributed by atoms with Gasteiger partial charge in [-0.1, -0.05) is 0 Å². The number of benzene rings is 1. The van der Waals surface area contributed by atoms with Gasteiger partial charge in [0.25, 0.3) is 5.69 Å². The Balaban J connectivity index is 1.39. The van der Waals surface area contributed by atoms with Crippen LogP contribution in [0, 0.1) is 10.1 Å². The van der Waals surface area contributed by atoms with Crippen molar-refractivity contribution in [2.24, 2.45) is 0 Å². The van der Waals surface area contributed by atoms with Crippen LogP contribution in [0.2, 0.25) is 0 Å². The molecule has 9 nitrogen and oxygen atoms in total. The number of aromatic nitrogens is 3. The minimum atomic E-state index is -0.521. The predicted molar refractivity (Wildman–Crippen MR) is 112 cm³/mol. The van der Waals surface area contributed by atoms with E-state index in [-0.39, 0.29) is 16.5 Å². The maximum atomic E-state index is 12.9. The molecule has 0 saturated heterocycles. The third kappa shape index (κ3) is 3.66. The van der Waals surface area contributed by atoms with E-state index < -0.39 is 4.92 Å². The molecule has 1 aliphatic heterocycles. The fraction of sp³-hybridized carbons (Fsp3) is 0.182. The lowest BCUT2D eigenvalue weighted by molar-refractivity contribution is -0.384. The third-order valence-electron chi connectivity index (χ3n) is 5.38. The Hall–Kier alpha value is -3.98. The Morgan fingerprint density at radius 1 is 1.19 bits per heavy atom. The summed E-state index contributed by atoms with van der Waals surface area (Å²) in [7, 11) is 0. The number of hydrogen-bond donors (Lipinski definition) is 0. The van der Waals surface area contributed by atoms with E-state index in [1.165, 1.54) is 24.5 Å². The fourth-order valence-electron chi connectivity index (χ4n) is 3.77. The summed E-state index contributed by atoms with van der Waals surface area (Å²) < 4.78 is 5.56. The van der Waals surface area contributed by atoms with E-state index >= 15 is 0 Å². The summed E-state index contributed by atoms with van der Waals surface area (Å²) in [6.45, 7) is 1.72. The first-order valence-electron chi connectivity index (χ1n) is 9.75. The van der Waals surface area contributed by atoms with Gasteiger partial charge in [-0.2, -0.15) is 0 Å². The molecule has 0 fully saturated rings. The average molecular weight is 415 g/mol. The van der Waals surface area contributed by atoms with Gasteiger partial charge in [-0.25, -0.2) is 9.97 Å². The highest BCUT2D eigenvalue weighted by molar-refractivity contribution is 5.79. The molecule has 9 heteroatoms. The Morgan fingerprint density at radius 2 is 2.03 bits per heavy atom. The van der Waals surface area contributed by atoms with Crippen LogP contribution in [0.1, 0.15) is 16.8 Å². The molecule has 0 N–H and O–H groups in total. The van der Waals surface area contributed by atoms with E-state index in [4.69, 9.17) is 9.40 Å². The zero-order chi connectivity index (χ0) is 21.4. The smallest absolute Gasteiger partial charge is 0.270 e. The number of rotatable bonds is 4. The minimum Gasteiger partial charge on any atom is -0.464 e. The van der Waals surface area contributed by atoms with Crippen LogP contribution in [0.4, 0.5) is 5.69 Å². The maximum Gasteiger partial charge on any atom is 0.270 e. The highest BCUT2D eigenvalue weighted by Crippen LogP contribution is 2.23. The van der Waals surface area contributed by atoms with Crippen molar-refractivity contribution in [1.82, 2.24) is 19.9 Å². The first-order chi connectivity index (χ1) is 15.1. The van der Waals surface area contributed by atoms with Crippen LogP contribution in [0.25, 0.3) is 22.4 Å². The molecule has 3 aromatic heterocycles. The standard InChI is InChI=1S/C22H17N5O4/c28-21-16(13-31-20-2-1-17(27(29)30)9-18(20)21)12-26-8-5-19-15(11-26)10-24-22(25-19)14-3-6-23-7-4-14/h1-4,6-7,9-10,13H,5,8,11-12H2. The van der Waals surface area contributed by atoms with Crippen LogP contribution in [-0.4, -0.2) is 31.3 Å². The first-order valence-corrected chi connectivity index (χ1v) is 9.75. The number of nitro groups is 1. The number of nitrogens with zero attached hydrogens (tertiary/aromatic N) is 5. The molecular formula is C22H17N5O4. The van der Waals surface area contributed by atoms with Crippen LogP contribution >= 0.6 is 0 Å². The molecule has 4 aromatic rings. The van der Waals surface area contributed by atoms with E-state index in [1.807, 2.05) is 18.3 Å². The van der Waals surface area contributed by atoms with Crippen molar-refractivity contribution in [3.05, 3.63) is 92.3 Å². The second-order valence-electron chi connectivity index (χ2n) is 7.39. The Kier molecular flexibility index (Phi) is 4.72. The molecular weight excluding hydrogens is 398 g/mol. The molecule has 1 aromatic carbocycles. The van der Waals surface area contributed by atoms with Crippen LogP contribution in [-0.2, 0) is 19.5 Å². The first kappa shape index (κ1) is 19.0. The number of non-ortho nitro benzene ring substituents is 1. The van der Waals surface area contributed by atoms with Crippen molar-refractivity contribution in [1.29, 1.82) is 0 Å². The number of fused-ring (bicyclic) bond motifs is 2. The lowest BCUT2D eigenvalue weighted by atomic mass is 10.1. The van der Waals surface area contributed by atoms with Crippen molar-refractivity contribution in [2.75, 3.05) is 6.54 Å². The number of hydrogen-bond acceptors (Lipinski definition) is 8. The predicted octanol–water partition coefficient (Wildman–Crippen LogP) is 3.11. The largest absolute Gasteiger partial charge is 0.464 e. The Morgan fingerprint density at radius 3 is 2.84 bits per heavy atom. The van der Waals surface area contributed by atoms with Crippen LogP contribution in [0.5, 0.6) is 0 Å². The maximum absolute atomic E-state index is 12.9. The highest BCUT2D eigenvalue weighted by Gasteiger charge is 2.21.